The minimum atomic E-state index is -1.44. The molecule has 1 aromatic rings. The zero-order valence-electron chi connectivity index (χ0n) is 8.19. The van der Waals surface area contributed by atoms with Crippen LogP contribution in [0.4, 0.5) is 13.2 Å². The van der Waals surface area contributed by atoms with Crippen molar-refractivity contribution in [3.63, 3.8) is 0 Å². The fourth-order valence-corrected chi connectivity index (χ4v) is 1.89. The molecule has 1 aromatic carbocycles. The van der Waals surface area contributed by atoms with Crippen molar-refractivity contribution in [2.75, 3.05) is 13.1 Å². The Kier molecular flexibility index (Phi) is 2.69. The zero-order chi connectivity index (χ0) is 10.9. The molecule has 1 saturated heterocycles. The minimum absolute atomic E-state index is 0.0659. The van der Waals surface area contributed by atoms with Crippen molar-refractivity contribution in [2.24, 2.45) is 0 Å². The highest BCUT2D eigenvalue weighted by atomic mass is 19.2. The van der Waals surface area contributed by atoms with E-state index in [0.29, 0.717) is 13.0 Å². The molecular formula is C11H12F3N. The molecule has 1 fully saturated rings. The molecule has 0 bridgehead atoms. The Morgan fingerprint density at radius 1 is 1.33 bits per heavy atom. The molecule has 1 aliphatic rings. The van der Waals surface area contributed by atoms with Crippen LogP contribution in [0.3, 0.4) is 0 Å². The summed E-state index contributed by atoms with van der Waals surface area (Å²) in [5.74, 6) is -1.84. The molecule has 4 heteroatoms. The summed E-state index contributed by atoms with van der Waals surface area (Å²) in [6.07, 6.45) is 0.284. The van der Waals surface area contributed by atoms with Crippen LogP contribution in [-0.2, 0) is 6.42 Å². The van der Waals surface area contributed by atoms with Crippen LogP contribution in [0.5, 0.6) is 0 Å². The first-order chi connectivity index (χ1) is 7.11. The van der Waals surface area contributed by atoms with Crippen LogP contribution in [0.1, 0.15) is 12.0 Å². The summed E-state index contributed by atoms with van der Waals surface area (Å²) in [6.45, 7) is 0.802. The highest BCUT2D eigenvalue weighted by Gasteiger charge is 2.34. The van der Waals surface area contributed by atoms with E-state index in [-0.39, 0.29) is 18.5 Å². The molecule has 82 valence electrons. The predicted molar refractivity (Wildman–Crippen MR) is 51.4 cm³/mol. The Morgan fingerprint density at radius 2 is 2.13 bits per heavy atom. The van der Waals surface area contributed by atoms with Gasteiger partial charge in [-0.25, -0.2) is 13.2 Å². The lowest BCUT2D eigenvalue weighted by atomic mass is 9.95. The van der Waals surface area contributed by atoms with Crippen molar-refractivity contribution < 1.29 is 13.2 Å². The molecule has 0 spiro atoms. The van der Waals surface area contributed by atoms with E-state index in [1.54, 1.807) is 0 Å². The van der Waals surface area contributed by atoms with Gasteiger partial charge in [-0.3, -0.25) is 0 Å². The van der Waals surface area contributed by atoms with Crippen molar-refractivity contribution in [1.82, 2.24) is 5.32 Å². The largest absolute Gasteiger partial charge is 0.313 e. The molecule has 0 radical (unpaired) electrons. The number of hydrogen-bond donors (Lipinski definition) is 1. The standard InChI is InChI=1S/C11H12F3N/c12-9-3-1-2-8(10(9)13)6-11(14)4-5-15-7-11/h1-3,15H,4-7H2. The highest BCUT2D eigenvalue weighted by Crippen LogP contribution is 2.26. The molecule has 0 saturated carbocycles. The van der Waals surface area contributed by atoms with E-state index in [9.17, 15) is 13.2 Å². The first-order valence-electron chi connectivity index (χ1n) is 4.93. The Balaban J connectivity index is 2.20. The third kappa shape index (κ3) is 2.15. The van der Waals surface area contributed by atoms with Gasteiger partial charge in [-0.05, 0) is 24.6 Å². The molecule has 2 rings (SSSR count). The SMILES string of the molecule is Fc1cccc(CC2(F)CCNC2)c1F. The Bertz CT molecular complexity index is 359. The summed E-state index contributed by atoms with van der Waals surface area (Å²) in [6, 6.07) is 3.87. The molecule has 1 N–H and O–H groups in total. The van der Waals surface area contributed by atoms with Crippen LogP contribution in [0, 0.1) is 11.6 Å². The van der Waals surface area contributed by atoms with Gasteiger partial charge in [0.25, 0.3) is 0 Å². The molecule has 1 aliphatic heterocycles. The van der Waals surface area contributed by atoms with E-state index in [0.717, 1.165) is 6.07 Å². The van der Waals surface area contributed by atoms with E-state index in [1.807, 2.05) is 0 Å². The van der Waals surface area contributed by atoms with Crippen molar-refractivity contribution in [2.45, 2.75) is 18.5 Å². The van der Waals surface area contributed by atoms with Crippen LogP contribution in [0.2, 0.25) is 0 Å². The summed E-state index contributed by atoms with van der Waals surface area (Å²) in [4.78, 5) is 0. The van der Waals surface area contributed by atoms with Gasteiger partial charge in [0.15, 0.2) is 11.6 Å². The van der Waals surface area contributed by atoms with Crippen molar-refractivity contribution in [1.29, 1.82) is 0 Å². The van der Waals surface area contributed by atoms with Gasteiger partial charge < -0.3 is 5.32 Å². The van der Waals surface area contributed by atoms with Crippen LogP contribution >= 0.6 is 0 Å². The van der Waals surface area contributed by atoms with Gasteiger partial charge in [0, 0.05) is 13.0 Å². The van der Waals surface area contributed by atoms with E-state index in [2.05, 4.69) is 5.32 Å². The Morgan fingerprint density at radius 3 is 2.80 bits per heavy atom. The second-order valence-electron chi connectivity index (χ2n) is 3.97. The average Bonchev–Trinajstić information content (AvgIpc) is 2.60. The van der Waals surface area contributed by atoms with Crippen LogP contribution in [-0.4, -0.2) is 18.8 Å². The van der Waals surface area contributed by atoms with E-state index in [1.165, 1.54) is 12.1 Å². The molecular weight excluding hydrogens is 203 g/mol. The van der Waals surface area contributed by atoms with Crippen molar-refractivity contribution in [3.8, 4) is 0 Å². The van der Waals surface area contributed by atoms with E-state index < -0.39 is 17.3 Å². The van der Waals surface area contributed by atoms with Gasteiger partial charge >= 0.3 is 0 Å². The number of benzene rings is 1. The van der Waals surface area contributed by atoms with Gasteiger partial charge in [-0.2, -0.15) is 0 Å². The first kappa shape index (κ1) is 10.5. The molecule has 1 atom stereocenters. The highest BCUT2D eigenvalue weighted by molar-refractivity contribution is 5.21. The maximum atomic E-state index is 14.0. The van der Waals surface area contributed by atoms with E-state index >= 15 is 0 Å². The second-order valence-corrected chi connectivity index (χ2v) is 3.97. The third-order valence-corrected chi connectivity index (χ3v) is 2.73. The molecule has 0 amide bonds. The Labute approximate surface area is 86.3 Å². The monoisotopic (exact) mass is 215 g/mol. The number of rotatable bonds is 2. The van der Waals surface area contributed by atoms with Gasteiger partial charge in [-0.15, -0.1) is 0 Å². The summed E-state index contributed by atoms with van der Waals surface area (Å²) < 4.78 is 40.1. The van der Waals surface area contributed by atoms with Gasteiger partial charge in [0.05, 0.1) is 0 Å². The quantitative estimate of drug-likeness (QED) is 0.797. The number of halogens is 3. The number of hydrogen-bond acceptors (Lipinski definition) is 1. The fraction of sp³-hybridized carbons (Fsp3) is 0.455. The van der Waals surface area contributed by atoms with Gasteiger partial charge in [0.2, 0.25) is 0 Å². The average molecular weight is 215 g/mol. The summed E-state index contributed by atoms with van der Waals surface area (Å²) in [7, 11) is 0. The van der Waals surface area contributed by atoms with Gasteiger partial charge in [-0.1, -0.05) is 12.1 Å². The topological polar surface area (TPSA) is 12.0 Å². The van der Waals surface area contributed by atoms with Gasteiger partial charge in [0.1, 0.15) is 5.67 Å². The maximum Gasteiger partial charge on any atom is 0.162 e. The third-order valence-electron chi connectivity index (χ3n) is 2.73. The molecule has 1 nitrogen and oxygen atoms in total. The molecule has 0 aliphatic carbocycles. The number of nitrogens with one attached hydrogen (secondary N) is 1. The predicted octanol–water partition coefficient (Wildman–Crippen LogP) is 2.21. The summed E-state index contributed by atoms with van der Waals surface area (Å²) in [5.41, 5.74) is -1.32. The van der Waals surface area contributed by atoms with Crippen molar-refractivity contribution in [3.05, 3.63) is 35.4 Å². The minimum Gasteiger partial charge on any atom is -0.313 e. The lowest BCUT2D eigenvalue weighted by Gasteiger charge is -2.18. The number of alkyl halides is 1. The fourth-order valence-electron chi connectivity index (χ4n) is 1.89. The van der Waals surface area contributed by atoms with Crippen molar-refractivity contribution >= 4 is 0 Å². The zero-order valence-corrected chi connectivity index (χ0v) is 8.19. The molecule has 1 unspecified atom stereocenters. The normalized spacial score (nSPS) is 25.8. The Hall–Kier alpha value is -1.03. The van der Waals surface area contributed by atoms with Crippen LogP contribution in [0.25, 0.3) is 0 Å². The molecule has 1 heterocycles. The van der Waals surface area contributed by atoms with E-state index in [4.69, 9.17) is 0 Å². The summed E-state index contributed by atoms with van der Waals surface area (Å²) in [5, 5.41) is 2.88. The van der Waals surface area contributed by atoms with Crippen LogP contribution in [0.15, 0.2) is 18.2 Å². The van der Waals surface area contributed by atoms with Crippen LogP contribution < -0.4 is 5.32 Å². The second kappa shape index (κ2) is 3.85. The maximum absolute atomic E-state index is 14.0. The molecule has 0 aromatic heterocycles. The molecule has 15 heavy (non-hydrogen) atoms. The lowest BCUT2D eigenvalue weighted by molar-refractivity contribution is 0.188. The smallest absolute Gasteiger partial charge is 0.162 e. The first-order valence-corrected chi connectivity index (χ1v) is 4.93. The lowest BCUT2D eigenvalue weighted by Crippen LogP contribution is -2.29. The summed E-state index contributed by atoms with van der Waals surface area (Å²) >= 11 is 0.